The summed E-state index contributed by atoms with van der Waals surface area (Å²) in [7, 11) is -3.53. The molecule has 0 amide bonds. The average Bonchev–Trinajstić information content (AvgIpc) is 3.12. The molecule has 0 unspecified atom stereocenters. The van der Waals surface area contributed by atoms with E-state index in [4.69, 9.17) is 0 Å². The number of aryl methyl sites for hydroxylation is 1. The first-order valence-corrected chi connectivity index (χ1v) is 9.18. The molecule has 4 rings (SSSR count). The van der Waals surface area contributed by atoms with Gasteiger partial charge < -0.3 is 0 Å². The Morgan fingerprint density at radius 2 is 1.90 bits per heavy atom. The number of benzene rings is 1. The van der Waals surface area contributed by atoms with Gasteiger partial charge in [-0.2, -0.15) is 13.5 Å². The van der Waals surface area contributed by atoms with E-state index in [2.05, 4.69) is 9.93 Å². The first-order valence-electron chi connectivity index (χ1n) is 7.69. The highest BCUT2D eigenvalue weighted by Crippen LogP contribution is 2.59. The van der Waals surface area contributed by atoms with Crippen LogP contribution in [0.25, 0.3) is 0 Å². The largest absolute Gasteiger partial charge is 0.276 e. The van der Waals surface area contributed by atoms with Crippen molar-refractivity contribution in [3.8, 4) is 0 Å². The molecule has 5 heteroatoms. The lowest BCUT2D eigenvalue weighted by Gasteiger charge is -2.22. The summed E-state index contributed by atoms with van der Waals surface area (Å²) in [5, 5.41) is 4.27. The Morgan fingerprint density at radius 1 is 1.14 bits per heavy atom. The van der Waals surface area contributed by atoms with E-state index in [0.29, 0.717) is 5.92 Å². The molecule has 21 heavy (non-hydrogen) atoms. The minimum absolute atomic E-state index is 0.280. The molecule has 0 aromatic heterocycles. The molecule has 4 nitrogen and oxygen atoms in total. The second-order valence-electron chi connectivity index (χ2n) is 6.72. The molecule has 1 aromatic rings. The summed E-state index contributed by atoms with van der Waals surface area (Å²) in [6.07, 6.45) is 4.90. The third kappa shape index (κ3) is 2.09. The van der Waals surface area contributed by atoms with Crippen molar-refractivity contribution in [3.63, 3.8) is 0 Å². The molecule has 3 aliphatic carbocycles. The summed E-state index contributed by atoms with van der Waals surface area (Å²) >= 11 is 0. The SMILES string of the molecule is Cc1ccc(S(=O)(=O)N/N=C2/C[C@H]3[C@@H]4CC[C@@H]3[C@@H]2C4)cc1. The van der Waals surface area contributed by atoms with E-state index in [0.717, 1.165) is 35.4 Å². The van der Waals surface area contributed by atoms with E-state index < -0.39 is 10.0 Å². The zero-order valence-electron chi connectivity index (χ0n) is 12.1. The van der Waals surface area contributed by atoms with E-state index >= 15 is 0 Å². The second-order valence-corrected chi connectivity index (χ2v) is 8.38. The van der Waals surface area contributed by atoms with Crippen LogP contribution in [-0.2, 0) is 10.0 Å². The van der Waals surface area contributed by atoms with Crippen molar-refractivity contribution in [2.24, 2.45) is 28.8 Å². The van der Waals surface area contributed by atoms with Crippen LogP contribution in [0.5, 0.6) is 0 Å². The van der Waals surface area contributed by atoms with Crippen molar-refractivity contribution in [2.75, 3.05) is 0 Å². The highest BCUT2D eigenvalue weighted by Gasteiger charge is 2.55. The van der Waals surface area contributed by atoms with Gasteiger partial charge in [-0.1, -0.05) is 17.7 Å². The molecule has 1 aromatic carbocycles. The quantitative estimate of drug-likeness (QED) is 0.873. The van der Waals surface area contributed by atoms with Crippen molar-refractivity contribution < 1.29 is 8.42 Å². The Labute approximate surface area is 125 Å². The number of sulfonamides is 1. The van der Waals surface area contributed by atoms with E-state index in [-0.39, 0.29) is 4.90 Å². The number of nitrogens with zero attached hydrogens (tertiary/aromatic N) is 1. The predicted octanol–water partition coefficient (Wildman–Crippen LogP) is 2.70. The van der Waals surface area contributed by atoms with Crippen molar-refractivity contribution in [1.82, 2.24) is 4.83 Å². The molecule has 4 atom stereocenters. The molecule has 3 aliphatic rings. The van der Waals surface area contributed by atoms with E-state index in [1.165, 1.54) is 19.3 Å². The maximum atomic E-state index is 12.2. The van der Waals surface area contributed by atoms with Crippen LogP contribution in [0.15, 0.2) is 34.3 Å². The van der Waals surface area contributed by atoms with Crippen LogP contribution in [0.2, 0.25) is 0 Å². The molecule has 3 fully saturated rings. The van der Waals surface area contributed by atoms with Gasteiger partial charge in [0, 0.05) is 11.6 Å². The van der Waals surface area contributed by atoms with Gasteiger partial charge in [0.1, 0.15) is 0 Å². The van der Waals surface area contributed by atoms with E-state index in [9.17, 15) is 8.42 Å². The van der Waals surface area contributed by atoms with Gasteiger partial charge in [-0.25, -0.2) is 4.83 Å². The fourth-order valence-electron chi connectivity index (χ4n) is 4.59. The van der Waals surface area contributed by atoms with Crippen molar-refractivity contribution in [1.29, 1.82) is 0 Å². The highest BCUT2D eigenvalue weighted by atomic mass is 32.2. The Bertz CT molecular complexity index is 693. The number of rotatable bonds is 3. The van der Waals surface area contributed by atoms with Crippen molar-refractivity contribution >= 4 is 15.7 Å². The maximum Gasteiger partial charge on any atom is 0.276 e. The molecule has 0 radical (unpaired) electrons. The number of hydrogen-bond donors (Lipinski definition) is 1. The van der Waals surface area contributed by atoms with Gasteiger partial charge in [0.15, 0.2) is 0 Å². The molecular weight excluding hydrogens is 284 g/mol. The van der Waals surface area contributed by atoms with Gasteiger partial charge in [-0.15, -0.1) is 0 Å². The zero-order chi connectivity index (χ0) is 14.6. The second kappa shape index (κ2) is 4.57. The summed E-state index contributed by atoms with van der Waals surface area (Å²) < 4.78 is 24.5. The molecule has 0 aliphatic heterocycles. The Balaban J connectivity index is 1.52. The fourth-order valence-corrected chi connectivity index (χ4v) is 5.43. The Hall–Kier alpha value is -1.36. The molecule has 4 bridgehead atoms. The minimum Gasteiger partial charge on any atom is -0.200 e. The lowest BCUT2D eigenvalue weighted by atomic mass is 9.84. The summed E-state index contributed by atoms with van der Waals surface area (Å²) in [6, 6.07) is 6.86. The number of nitrogens with one attached hydrogen (secondary N) is 1. The summed E-state index contributed by atoms with van der Waals surface area (Å²) in [6.45, 7) is 1.94. The first kappa shape index (κ1) is 13.3. The van der Waals surface area contributed by atoms with Crippen molar-refractivity contribution in [2.45, 2.75) is 37.5 Å². The van der Waals surface area contributed by atoms with Gasteiger partial charge in [0.25, 0.3) is 10.0 Å². The molecule has 3 saturated carbocycles. The molecule has 1 N–H and O–H groups in total. The van der Waals surface area contributed by atoms with Crippen LogP contribution in [0.3, 0.4) is 0 Å². The lowest BCUT2D eigenvalue weighted by Crippen LogP contribution is -2.25. The first-order chi connectivity index (χ1) is 10.0. The average molecular weight is 304 g/mol. The zero-order valence-corrected chi connectivity index (χ0v) is 12.9. The van der Waals surface area contributed by atoms with Crippen LogP contribution >= 0.6 is 0 Å². The summed E-state index contributed by atoms with van der Waals surface area (Å²) in [5.74, 6) is 2.97. The number of hydrazone groups is 1. The van der Waals surface area contributed by atoms with Crippen LogP contribution in [0.1, 0.15) is 31.2 Å². The Morgan fingerprint density at radius 3 is 2.57 bits per heavy atom. The van der Waals surface area contributed by atoms with Gasteiger partial charge in [-0.05, 0) is 62.5 Å². The topological polar surface area (TPSA) is 58.5 Å². The van der Waals surface area contributed by atoms with Gasteiger partial charge >= 0.3 is 0 Å². The molecule has 0 saturated heterocycles. The smallest absolute Gasteiger partial charge is 0.200 e. The van der Waals surface area contributed by atoms with Crippen LogP contribution in [0.4, 0.5) is 0 Å². The predicted molar refractivity (Wildman–Crippen MR) is 81.4 cm³/mol. The van der Waals surface area contributed by atoms with Gasteiger partial charge in [-0.3, -0.25) is 0 Å². The van der Waals surface area contributed by atoms with Crippen LogP contribution in [0, 0.1) is 30.6 Å². The summed E-state index contributed by atoms with van der Waals surface area (Å²) in [5.41, 5.74) is 2.13. The molecule has 0 spiro atoms. The summed E-state index contributed by atoms with van der Waals surface area (Å²) in [4.78, 5) is 2.72. The van der Waals surface area contributed by atoms with Crippen molar-refractivity contribution in [3.05, 3.63) is 29.8 Å². The number of hydrogen-bond acceptors (Lipinski definition) is 3. The maximum absolute atomic E-state index is 12.2. The van der Waals surface area contributed by atoms with E-state index in [1.54, 1.807) is 24.3 Å². The molecule has 112 valence electrons. The third-order valence-corrected chi connectivity index (χ3v) is 6.84. The highest BCUT2D eigenvalue weighted by molar-refractivity contribution is 7.89. The monoisotopic (exact) mass is 304 g/mol. The lowest BCUT2D eigenvalue weighted by molar-refractivity contribution is 0.408. The van der Waals surface area contributed by atoms with E-state index in [1.807, 2.05) is 6.92 Å². The minimum atomic E-state index is -3.53. The normalized spacial score (nSPS) is 35.6. The molecule has 0 heterocycles. The van der Waals surface area contributed by atoms with Gasteiger partial charge in [0.05, 0.1) is 4.90 Å². The fraction of sp³-hybridized carbons (Fsp3) is 0.562. The Kier molecular flexibility index (Phi) is 2.89. The van der Waals surface area contributed by atoms with Crippen LogP contribution in [-0.4, -0.2) is 14.1 Å². The third-order valence-electron chi connectivity index (χ3n) is 5.61. The standard InChI is InChI=1S/C16H20N2O2S/c1-10-2-5-12(6-3-10)21(19,20)18-17-16-9-14-11-4-7-13(14)15(16)8-11/h2-3,5-6,11,13-15,18H,4,7-9H2,1H3/b17-16-/t11-,13+,14+,15+/m1/s1. The molecular formula is C16H20N2O2S. The van der Waals surface area contributed by atoms with Crippen LogP contribution < -0.4 is 4.83 Å². The van der Waals surface area contributed by atoms with Gasteiger partial charge in [0.2, 0.25) is 0 Å².